The zero-order valence-electron chi connectivity index (χ0n) is 8.51. The molecule has 0 saturated carbocycles. The second-order valence-electron chi connectivity index (χ2n) is 3.28. The molecular formula is C10H19N3. The van der Waals surface area contributed by atoms with Gasteiger partial charge in [-0.25, -0.2) is 4.98 Å². The van der Waals surface area contributed by atoms with Crippen LogP contribution < -0.4 is 5.32 Å². The number of hydrogen-bond donors (Lipinski definition) is 2. The van der Waals surface area contributed by atoms with Gasteiger partial charge in [-0.1, -0.05) is 20.3 Å². The summed E-state index contributed by atoms with van der Waals surface area (Å²) in [6.07, 6.45) is 7.14. The molecule has 0 aliphatic carbocycles. The zero-order chi connectivity index (χ0) is 9.52. The Morgan fingerprint density at radius 1 is 1.54 bits per heavy atom. The Morgan fingerprint density at radius 3 is 2.92 bits per heavy atom. The second-order valence-corrected chi connectivity index (χ2v) is 3.28. The average Bonchev–Trinajstić information content (AvgIpc) is 2.58. The number of likely N-dealkylation sites (N-methyl/N-ethyl adjacent to an activating group) is 1. The Hall–Kier alpha value is -0.830. The fourth-order valence-electron chi connectivity index (χ4n) is 1.56. The van der Waals surface area contributed by atoms with E-state index in [0.29, 0.717) is 6.04 Å². The van der Waals surface area contributed by atoms with Crippen LogP contribution in [0.5, 0.6) is 0 Å². The van der Waals surface area contributed by atoms with Gasteiger partial charge in [-0.2, -0.15) is 0 Å². The predicted molar refractivity (Wildman–Crippen MR) is 54.7 cm³/mol. The molecule has 0 saturated heterocycles. The van der Waals surface area contributed by atoms with E-state index < -0.39 is 0 Å². The van der Waals surface area contributed by atoms with Gasteiger partial charge >= 0.3 is 0 Å². The summed E-state index contributed by atoms with van der Waals surface area (Å²) in [6, 6.07) is 0.571. The summed E-state index contributed by atoms with van der Waals surface area (Å²) in [4.78, 5) is 7.36. The van der Waals surface area contributed by atoms with E-state index in [4.69, 9.17) is 0 Å². The fourth-order valence-corrected chi connectivity index (χ4v) is 1.56. The highest BCUT2D eigenvalue weighted by Gasteiger charge is 2.07. The minimum atomic E-state index is 0.571. The summed E-state index contributed by atoms with van der Waals surface area (Å²) in [5, 5.41) is 3.46. The monoisotopic (exact) mass is 181 g/mol. The Balaban J connectivity index is 2.37. The van der Waals surface area contributed by atoms with Crippen molar-refractivity contribution in [3.8, 4) is 0 Å². The van der Waals surface area contributed by atoms with Crippen molar-refractivity contribution in [3.63, 3.8) is 0 Å². The number of rotatable bonds is 6. The number of imidazole rings is 1. The summed E-state index contributed by atoms with van der Waals surface area (Å²) in [7, 11) is 0. The normalized spacial score (nSPS) is 13.1. The summed E-state index contributed by atoms with van der Waals surface area (Å²) < 4.78 is 0. The molecule has 0 radical (unpaired) electrons. The van der Waals surface area contributed by atoms with Crippen LogP contribution in [0.4, 0.5) is 0 Å². The molecular weight excluding hydrogens is 162 g/mol. The van der Waals surface area contributed by atoms with Gasteiger partial charge in [0.25, 0.3) is 0 Å². The van der Waals surface area contributed by atoms with Crippen molar-refractivity contribution < 1.29 is 0 Å². The van der Waals surface area contributed by atoms with Crippen molar-refractivity contribution in [2.75, 3.05) is 6.54 Å². The van der Waals surface area contributed by atoms with E-state index in [2.05, 4.69) is 29.1 Å². The molecule has 0 spiro atoms. The highest BCUT2D eigenvalue weighted by atomic mass is 14.9. The van der Waals surface area contributed by atoms with Crippen LogP contribution in [0.1, 0.15) is 32.5 Å². The van der Waals surface area contributed by atoms with Crippen molar-refractivity contribution in [1.29, 1.82) is 0 Å². The number of hydrogen-bond acceptors (Lipinski definition) is 2. The number of nitrogens with one attached hydrogen (secondary N) is 2. The highest BCUT2D eigenvalue weighted by molar-refractivity contribution is 4.90. The highest BCUT2D eigenvalue weighted by Crippen LogP contribution is 2.02. The zero-order valence-corrected chi connectivity index (χ0v) is 8.51. The summed E-state index contributed by atoms with van der Waals surface area (Å²) in [5.74, 6) is 1.08. The van der Waals surface area contributed by atoms with Crippen LogP contribution in [0.2, 0.25) is 0 Å². The number of H-pyrrole nitrogens is 1. The first kappa shape index (κ1) is 10.3. The van der Waals surface area contributed by atoms with Gasteiger partial charge in [0.1, 0.15) is 5.82 Å². The second kappa shape index (κ2) is 5.75. The number of aromatic nitrogens is 2. The lowest BCUT2D eigenvalue weighted by Crippen LogP contribution is -2.31. The third-order valence-corrected chi connectivity index (χ3v) is 2.12. The van der Waals surface area contributed by atoms with Crippen LogP contribution in [0.15, 0.2) is 12.4 Å². The molecule has 3 heteroatoms. The molecule has 0 aliphatic rings. The summed E-state index contributed by atoms with van der Waals surface area (Å²) >= 11 is 0. The van der Waals surface area contributed by atoms with Crippen LogP contribution in [0.25, 0.3) is 0 Å². The lowest BCUT2D eigenvalue weighted by atomic mass is 10.1. The van der Waals surface area contributed by atoms with E-state index in [1.807, 2.05) is 12.4 Å². The topological polar surface area (TPSA) is 40.7 Å². The lowest BCUT2D eigenvalue weighted by Gasteiger charge is -2.15. The Labute approximate surface area is 80.0 Å². The molecule has 74 valence electrons. The molecule has 1 unspecified atom stereocenters. The van der Waals surface area contributed by atoms with Crippen LogP contribution in [0.3, 0.4) is 0 Å². The molecule has 1 atom stereocenters. The van der Waals surface area contributed by atoms with Gasteiger partial charge in [-0.05, 0) is 13.0 Å². The van der Waals surface area contributed by atoms with E-state index in [9.17, 15) is 0 Å². The molecule has 13 heavy (non-hydrogen) atoms. The van der Waals surface area contributed by atoms with Crippen molar-refractivity contribution >= 4 is 0 Å². The smallest absolute Gasteiger partial charge is 0.107 e. The van der Waals surface area contributed by atoms with Crippen LogP contribution >= 0.6 is 0 Å². The standard InChI is InChI=1S/C10H19N3/c1-3-5-9(11-4-2)8-10-12-6-7-13-10/h6-7,9,11H,3-5,8H2,1-2H3,(H,12,13). The molecule has 1 aromatic heterocycles. The van der Waals surface area contributed by atoms with Gasteiger partial charge in [0.15, 0.2) is 0 Å². The summed E-state index contributed by atoms with van der Waals surface area (Å²) in [6.45, 7) is 5.39. The first-order valence-electron chi connectivity index (χ1n) is 5.08. The van der Waals surface area contributed by atoms with Crippen molar-refractivity contribution in [1.82, 2.24) is 15.3 Å². The van der Waals surface area contributed by atoms with Crippen molar-refractivity contribution in [2.45, 2.75) is 39.2 Å². The molecule has 2 N–H and O–H groups in total. The molecule has 0 bridgehead atoms. The minimum Gasteiger partial charge on any atom is -0.349 e. The largest absolute Gasteiger partial charge is 0.349 e. The maximum atomic E-state index is 4.22. The molecule has 0 aromatic carbocycles. The average molecular weight is 181 g/mol. The van der Waals surface area contributed by atoms with Gasteiger partial charge in [0, 0.05) is 24.9 Å². The van der Waals surface area contributed by atoms with E-state index in [0.717, 1.165) is 18.8 Å². The molecule has 0 amide bonds. The van der Waals surface area contributed by atoms with Crippen LogP contribution in [0, 0.1) is 0 Å². The van der Waals surface area contributed by atoms with Crippen molar-refractivity contribution in [2.24, 2.45) is 0 Å². The maximum Gasteiger partial charge on any atom is 0.107 e. The lowest BCUT2D eigenvalue weighted by molar-refractivity contribution is 0.478. The Morgan fingerprint density at radius 2 is 2.38 bits per heavy atom. The number of aromatic amines is 1. The van der Waals surface area contributed by atoms with Gasteiger partial charge < -0.3 is 10.3 Å². The summed E-state index contributed by atoms with van der Waals surface area (Å²) in [5.41, 5.74) is 0. The third kappa shape index (κ3) is 3.59. The molecule has 1 aromatic rings. The number of nitrogens with zero attached hydrogens (tertiary/aromatic N) is 1. The van der Waals surface area contributed by atoms with Crippen LogP contribution in [-0.4, -0.2) is 22.6 Å². The molecule has 0 fully saturated rings. The van der Waals surface area contributed by atoms with E-state index >= 15 is 0 Å². The van der Waals surface area contributed by atoms with Crippen molar-refractivity contribution in [3.05, 3.63) is 18.2 Å². The van der Waals surface area contributed by atoms with Gasteiger partial charge in [-0.15, -0.1) is 0 Å². The third-order valence-electron chi connectivity index (χ3n) is 2.12. The molecule has 1 heterocycles. The predicted octanol–water partition coefficient (Wildman–Crippen LogP) is 1.73. The van der Waals surface area contributed by atoms with E-state index in [1.165, 1.54) is 12.8 Å². The van der Waals surface area contributed by atoms with Crippen LogP contribution in [-0.2, 0) is 6.42 Å². The molecule has 3 nitrogen and oxygen atoms in total. The Bertz CT molecular complexity index is 200. The van der Waals surface area contributed by atoms with Gasteiger partial charge in [0.2, 0.25) is 0 Å². The Kier molecular flexibility index (Phi) is 4.54. The molecule has 1 rings (SSSR count). The van der Waals surface area contributed by atoms with Gasteiger partial charge in [0.05, 0.1) is 0 Å². The molecule has 0 aliphatic heterocycles. The van der Waals surface area contributed by atoms with E-state index in [-0.39, 0.29) is 0 Å². The fraction of sp³-hybridized carbons (Fsp3) is 0.700. The van der Waals surface area contributed by atoms with E-state index in [1.54, 1.807) is 0 Å². The quantitative estimate of drug-likeness (QED) is 0.701. The SMILES string of the molecule is CCCC(Cc1ncc[nH]1)NCC. The first-order valence-corrected chi connectivity index (χ1v) is 5.08. The maximum absolute atomic E-state index is 4.22. The first-order chi connectivity index (χ1) is 6.36. The minimum absolute atomic E-state index is 0.571. The van der Waals surface area contributed by atoms with Gasteiger partial charge in [-0.3, -0.25) is 0 Å².